The third-order valence-electron chi connectivity index (χ3n) is 2.64. The predicted molar refractivity (Wildman–Crippen MR) is 68.8 cm³/mol. The van der Waals surface area contributed by atoms with Crippen LogP contribution in [0.4, 0.5) is 0 Å². The zero-order valence-corrected chi connectivity index (χ0v) is 9.81. The zero-order chi connectivity index (χ0) is 12.3. The second kappa shape index (κ2) is 5.02. The highest BCUT2D eigenvalue weighted by molar-refractivity contribution is 5.67. The Morgan fingerprint density at radius 2 is 1.94 bits per heavy atom. The highest BCUT2D eigenvalue weighted by Gasteiger charge is 2.02. The average Bonchev–Trinajstić information content (AvgIpc) is 2.38. The first-order valence-electron chi connectivity index (χ1n) is 5.44. The fourth-order valence-corrected chi connectivity index (χ4v) is 1.79. The number of aliphatic hydroxyl groups is 1. The number of hydrogen-bond acceptors (Lipinski definition) is 2. The maximum absolute atomic E-state index is 9.13. The molecule has 2 aromatic carbocycles. The summed E-state index contributed by atoms with van der Waals surface area (Å²) in [5, 5.41) is 9.13. The molecule has 0 unspecified atom stereocenters. The Bertz CT molecular complexity index is 518. The van der Waals surface area contributed by atoms with Crippen molar-refractivity contribution in [2.75, 3.05) is 7.11 Å². The van der Waals surface area contributed by atoms with E-state index in [-0.39, 0.29) is 6.61 Å². The van der Waals surface area contributed by atoms with Crippen LogP contribution in [0.25, 0.3) is 11.1 Å². The van der Waals surface area contributed by atoms with Crippen molar-refractivity contribution in [3.8, 4) is 16.9 Å². The number of aliphatic hydroxyl groups excluding tert-OH is 1. The highest BCUT2D eigenvalue weighted by atomic mass is 16.5. The Hall–Kier alpha value is -1.80. The topological polar surface area (TPSA) is 29.5 Å². The second-order valence-electron chi connectivity index (χ2n) is 3.93. The molecule has 0 aliphatic rings. The molecule has 0 aliphatic carbocycles. The minimum absolute atomic E-state index is 0.0506. The van der Waals surface area contributed by atoms with Gasteiger partial charge in [0.15, 0.2) is 0 Å². The maximum Gasteiger partial charge on any atom is 0.119 e. The van der Waals surface area contributed by atoms with Gasteiger partial charge in [0.1, 0.15) is 5.75 Å². The van der Waals surface area contributed by atoms with Crippen molar-refractivity contribution in [1.29, 1.82) is 0 Å². The Morgan fingerprint density at radius 1 is 1.12 bits per heavy atom. The summed E-state index contributed by atoms with van der Waals surface area (Å²) in [6.45, 7) is 3.98. The first kappa shape index (κ1) is 11.7. The van der Waals surface area contributed by atoms with Gasteiger partial charge in [-0.05, 0) is 47.4 Å². The molecule has 0 atom stereocenters. The molecule has 2 heteroatoms. The van der Waals surface area contributed by atoms with E-state index in [0.29, 0.717) is 0 Å². The number of methoxy groups -OCH3 is 1. The Kier molecular flexibility index (Phi) is 3.45. The van der Waals surface area contributed by atoms with E-state index in [9.17, 15) is 0 Å². The lowest BCUT2D eigenvalue weighted by molar-refractivity contribution is 0.282. The van der Waals surface area contributed by atoms with E-state index in [1.165, 1.54) is 0 Å². The summed E-state index contributed by atoms with van der Waals surface area (Å²) in [6, 6.07) is 13.7. The average molecular weight is 227 g/mol. The second-order valence-corrected chi connectivity index (χ2v) is 3.93. The molecule has 0 heterocycles. The smallest absolute Gasteiger partial charge is 0.119 e. The van der Waals surface area contributed by atoms with Crippen LogP contribution in [0.3, 0.4) is 0 Å². The lowest BCUT2D eigenvalue weighted by atomic mass is 10.0. The van der Waals surface area contributed by atoms with E-state index >= 15 is 0 Å². The molecule has 17 heavy (non-hydrogen) atoms. The lowest BCUT2D eigenvalue weighted by Crippen LogP contribution is -1.88. The number of rotatable bonds is 3. The molecule has 0 bridgehead atoms. The standard InChI is InChI=1S/C15H15O2/c1-11-6-14(9-15(7-11)17-2)13-5-3-4-12(8-13)10-16/h3-9,16H,1,10H2,2H3. The van der Waals surface area contributed by atoms with Gasteiger partial charge in [-0.15, -0.1) is 0 Å². The Morgan fingerprint density at radius 3 is 2.65 bits per heavy atom. The Labute approximate surface area is 101 Å². The van der Waals surface area contributed by atoms with Crippen LogP contribution in [-0.2, 0) is 6.61 Å². The van der Waals surface area contributed by atoms with Gasteiger partial charge in [0.25, 0.3) is 0 Å². The SMILES string of the molecule is [CH2]c1cc(OC)cc(-c2cccc(CO)c2)c1. The summed E-state index contributed by atoms with van der Waals surface area (Å²) in [5.74, 6) is 0.793. The van der Waals surface area contributed by atoms with E-state index in [1.807, 2.05) is 42.5 Å². The predicted octanol–water partition coefficient (Wildman–Crippen LogP) is 3.04. The molecule has 2 aromatic rings. The van der Waals surface area contributed by atoms with Gasteiger partial charge in [0.2, 0.25) is 0 Å². The molecular formula is C15H15O2. The fraction of sp³-hybridized carbons (Fsp3) is 0.133. The quantitative estimate of drug-likeness (QED) is 0.873. The van der Waals surface area contributed by atoms with Crippen LogP contribution in [0, 0.1) is 6.92 Å². The highest BCUT2D eigenvalue weighted by Crippen LogP contribution is 2.26. The molecule has 0 saturated carbocycles. The molecule has 0 amide bonds. The molecule has 0 saturated heterocycles. The van der Waals surface area contributed by atoms with Crippen LogP contribution >= 0.6 is 0 Å². The van der Waals surface area contributed by atoms with Gasteiger partial charge in [-0.2, -0.15) is 0 Å². The normalized spacial score (nSPS) is 10.3. The van der Waals surface area contributed by atoms with Gasteiger partial charge >= 0.3 is 0 Å². The van der Waals surface area contributed by atoms with Crippen LogP contribution in [-0.4, -0.2) is 12.2 Å². The minimum atomic E-state index is 0.0506. The summed E-state index contributed by atoms with van der Waals surface area (Å²) in [6.07, 6.45) is 0. The van der Waals surface area contributed by atoms with E-state index in [4.69, 9.17) is 9.84 Å². The van der Waals surface area contributed by atoms with Crippen molar-refractivity contribution >= 4 is 0 Å². The number of benzene rings is 2. The van der Waals surface area contributed by atoms with Gasteiger partial charge in [0.05, 0.1) is 13.7 Å². The minimum Gasteiger partial charge on any atom is -0.497 e. The van der Waals surface area contributed by atoms with E-state index < -0.39 is 0 Å². The first-order valence-corrected chi connectivity index (χ1v) is 5.44. The summed E-state index contributed by atoms with van der Waals surface area (Å²) < 4.78 is 5.22. The molecule has 0 aromatic heterocycles. The van der Waals surface area contributed by atoms with Crippen LogP contribution in [0.2, 0.25) is 0 Å². The van der Waals surface area contributed by atoms with Crippen molar-refractivity contribution in [3.05, 3.63) is 60.5 Å². The van der Waals surface area contributed by atoms with Gasteiger partial charge < -0.3 is 9.84 Å². The molecular weight excluding hydrogens is 212 g/mol. The maximum atomic E-state index is 9.13. The van der Waals surface area contributed by atoms with Crippen LogP contribution in [0.1, 0.15) is 11.1 Å². The van der Waals surface area contributed by atoms with Crippen molar-refractivity contribution in [2.45, 2.75) is 6.61 Å². The van der Waals surface area contributed by atoms with Crippen LogP contribution < -0.4 is 4.74 Å². The molecule has 2 nitrogen and oxygen atoms in total. The molecule has 0 spiro atoms. The molecule has 2 rings (SSSR count). The van der Waals surface area contributed by atoms with Gasteiger partial charge in [-0.1, -0.05) is 24.3 Å². The van der Waals surface area contributed by atoms with Crippen molar-refractivity contribution < 1.29 is 9.84 Å². The van der Waals surface area contributed by atoms with E-state index in [1.54, 1.807) is 7.11 Å². The molecule has 87 valence electrons. The summed E-state index contributed by atoms with van der Waals surface area (Å²) in [4.78, 5) is 0. The van der Waals surface area contributed by atoms with Gasteiger partial charge in [-0.25, -0.2) is 0 Å². The fourth-order valence-electron chi connectivity index (χ4n) is 1.79. The van der Waals surface area contributed by atoms with Gasteiger partial charge in [-0.3, -0.25) is 0 Å². The monoisotopic (exact) mass is 227 g/mol. The van der Waals surface area contributed by atoms with Crippen molar-refractivity contribution in [2.24, 2.45) is 0 Å². The number of ether oxygens (including phenoxy) is 1. The van der Waals surface area contributed by atoms with Crippen molar-refractivity contribution in [3.63, 3.8) is 0 Å². The van der Waals surface area contributed by atoms with Crippen LogP contribution in [0.15, 0.2) is 42.5 Å². The zero-order valence-electron chi connectivity index (χ0n) is 9.81. The molecule has 0 fully saturated rings. The van der Waals surface area contributed by atoms with Crippen LogP contribution in [0.5, 0.6) is 5.75 Å². The first-order chi connectivity index (χ1) is 8.22. The molecule has 0 aliphatic heterocycles. The summed E-state index contributed by atoms with van der Waals surface area (Å²) in [5.41, 5.74) is 3.91. The lowest BCUT2D eigenvalue weighted by Gasteiger charge is -2.08. The largest absolute Gasteiger partial charge is 0.497 e. The number of hydrogen-bond donors (Lipinski definition) is 1. The third-order valence-corrected chi connectivity index (χ3v) is 2.64. The summed E-state index contributed by atoms with van der Waals surface area (Å²) >= 11 is 0. The molecule has 1 N–H and O–H groups in total. The van der Waals surface area contributed by atoms with E-state index in [2.05, 4.69) is 6.92 Å². The van der Waals surface area contributed by atoms with Gasteiger partial charge in [0, 0.05) is 0 Å². The summed E-state index contributed by atoms with van der Waals surface area (Å²) in [7, 11) is 1.64. The third kappa shape index (κ3) is 2.66. The Balaban J connectivity index is 2.47. The molecule has 1 radical (unpaired) electrons. The van der Waals surface area contributed by atoms with Crippen molar-refractivity contribution in [1.82, 2.24) is 0 Å². The van der Waals surface area contributed by atoms with E-state index in [0.717, 1.165) is 28.0 Å².